The summed E-state index contributed by atoms with van der Waals surface area (Å²) in [6.45, 7) is 2.20. The van der Waals surface area contributed by atoms with E-state index < -0.39 is 0 Å². The Morgan fingerprint density at radius 1 is 1.39 bits per heavy atom. The van der Waals surface area contributed by atoms with E-state index in [0.29, 0.717) is 18.3 Å². The van der Waals surface area contributed by atoms with Crippen LogP contribution >= 0.6 is 0 Å². The van der Waals surface area contributed by atoms with Crippen molar-refractivity contribution in [1.29, 1.82) is 0 Å². The molecule has 1 N–H and O–H groups in total. The van der Waals surface area contributed by atoms with Crippen LogP contribution in [-0.2, 0) is 4.79 Å². The molecule has 2 rings (SSSR count). The number of hydrogen-bond donors (Lipinski definition) is 1. The van der Waals surface area contributed by atoms with Crippen LogP contribution in [0.2, 0.25) is 0 Å². The minimum absolute atomic E-state index is 0.0772. The first kappa shape index (κ1) is 13.3. The predicted molar refractivity (Wildman–Crippen MR) is 74.3 cm³/mol. The lowest BCUT2D eigenvalue weighted by Gasteiger charge is -2.31. The molecule has 2 aliphatic carbocycles. The van der Waals surface area contributed by atoms with E-state index in [0.717, 1.165) is 25.7 Å². The molecule has 0 saturated heterocycles. The SMILES string of the molecule is CCCCCCCC(=O)N/N=C1/CC2C=CCC12. The third-order valence-electron chi connectivity index (χ3n) is 3.99. The second-order valence-electron chi connectivity index (χ2n) is 5.44. The zero-order valence-electron chi connectivity index (χ0n) is 11.3. The quantitative estimate of drug-likeness (QED) is 0.418. The zero-order chi connectivity index (χ0) is 12.8. The van der Waals surface area contributed by atoms with Crippen LogP contribution < -0.4 is 5.43 Å². The van der Waals surface area contributed by atoms with Gasteiger partial charge in [0.15, 0.2) is 0 Å². The van der Waals surface area contributed by atoms with Gasteiger partial charge in [0.2, 0.25) is 5.91 Å². The van der Waals surface area contributed by atoms with Crippen molar-refractivity contribution in [1.82, 2.24) is 5.43 Å². The summed E-state index contributed by atoms with van der Waals surface area (Å²) in [5.41, 5.74) is 3.89. The van der Waals surface area contributed by atoms with Crippen molar-refractivity contribution < 1.29 is 4.79 Å². The second kappa shape index (κ2) is 6.72. The van der Waals surface area contributed by atoms with E-state index in [-0.39, 0.29) is 5.91 Å². The van der Waals surface area contributed by atoms with Gasteiger partial charge in [0.1, 0.15) is 0 Å². The number of unbranched alkanes of at least 4 members (excludes halogenated alkanes) is 4. The van der Waals surface area contributed by atoms with Gasteiger partial charge in [-0.2, -0.15) is 5.10 Å². The average molecular weight is 248 g/mol. The first-order valence-corrected chi connectivity index (χ1v) is 7.33. The molecule has 3 nitrogen and oxygen atoms in total. The Balaban J connectivity index is 1.56. The predicted octanol–water partition coefficient (Wildman–Crippen LogP) is 3.42. The molecule has 0 aromatic heterocycles. The summed E-state index contributed by atoms with van der Waals surface area (Å²) >= 11 is 0. The fraction of sp³-hybridized carbons (Fsp3) is 0.733. The van der Waals surface area contributed by atoms with E-state index in [1.54, 1.807) is 0 Å². The van der Waals surface area contributed by atoms with E-state index in [1.165, 1.54) is 25.0 Å². The fourth-order valence-electron chi connectivity index (χ4n) is 2.74. The molecule has 2 atom stereocenters. The van der Waals surface area contributed by atoms with Crippen LogP contribution in [0.5, 0.6) is 0 Å². The van der Waals surface area contributed by atoms with Crippen LogP contribution in [0.3, 0.4) is 0 Å². The lowest BCUT2D eigenvalue weighted by atomic mass is 9.74. The first-order chi connectivity index (χ1) is 8.81. The Morgan fingerprint density at radius 2 is 2.22 bits per heavy atom. The number of allylic oxidation sites excluding steroid dienone is 2. The molecule has 0 radical (unpaired) electrons. The van der Waals surface area contributed by atoms with E-state index in [4.69, 9.17) is 0 Å². The molecule has 0 aromatic rings. The van der Waals surface area contributed by atoms with Crippen molar-refractivity contribution in [2.75, 3.05) is 0 Å². The normalized spacial score (nSPS) is 27.1. The fourth-order valence-corrected chi connectivity index (χ4v) is 2.74. The van der Waals surface area contributed by atoms with Crippen LogP contribution in [0, 0.1) is 11.8 Å². The van der Waals surface area contributed by atoms with Crippen LogP contribution in [0.1, 0.15) is 58.3 Å². The van der Waals surface area contributed by atoms with E-state index in [9.17, 15) is 4.79 Å². The standard InChI is InChI=1S/C15H24N2O/c1-2-3-4-5-6-10-15(18)17-16-14-11-12-8-7-9-13(12)14/h7-8,12-13H,2-6,9-11H2,1H3,(H,17,18)/b16-14-. The highest BCUT2D eigenvalue weighted by Crippen LogP contribution is 2.39. The molecule has 2 unspecified atom stereocenters. The lowest BCUT2D eigenvalue weighted by molar-refractivity contribution is -0.121. The topological polar surface area (TPSA) is 41.5 Å². The van der Waals surface area contributed by atoms with Crippen molar-refractivity contribution in [3.05, 3.63) is 12.2 Å². The molecule has 1 saturated carbocycles. The zero-order valence-corrected chi connectivity index (χ0v) is 11.3. The molecule has 1 fully saturated rings. The van der Waals surface area contributed by atoms with Gasteiger partial charge in [0.05, 0.1) is 0 Å². The Hall–Kier alpha value is -1.12. The summed E-state index contributed by atoms with van der Waals surface area (Å²) in [4.78, 5) is 11.6. The maximum Gasteiger partial charge on any atom is 0.240 e. The highest BCUT2D eigenvalue weighted by molar-refractivity contribution is 5.94. The average Bonchev–Trinajstić information content (AvgIpc) is 2.71. The Bertz CT molecular complexity index is 346. The number of carbonyl (C=O) groups is 1. The van der Waals surface area contributed by atoms with Gasteiger partial charge in [-0.1, -0.05) is 44.8 Å². The van der Waals surface area contributed by atoms with Gasteiger partial charge in [-0.25, -0.2) is 5.43 Å². The highest BCUT2D eigenvalue weighted by atomic mass is 16.2. The molecule has 0 aromatic carbocycles. The number of hydrogen-bond acceptors (Lipinski definition) is 2. The first-order valence-electron chi connectivity index (χ1n) is 7.33. The van der Waals surface area contributed by atoms with Crippen LogP contribution in [0.15, 0.2) is 17.3 Å². The molecule has 2 aliphatic rings. The second-order valence-corrected chi connectivity index (χ2v) is 5.44. The minimum Gasteiger partial charge on any atom is -0.273 e. The molecular weight excluding hydrogens is 224 g/mol. The summed E-state index contributed by atoms with van der Waals surface area (Å²) in [6, 6.07) is 0. The molecule has 0 heterocycles. The van der Waals surface area contributed by atoms with Gasteiger partial charge in [-0.3, -0.25) is 4.79 Å². The van der Waals surface area contributed by atoms with Crippen LogP contribution in [-0.4, -0.2) is 11.6 Å². The van der Waals surface area contributed by atoms with E-state index >= 15 is 0 Å². The summed E-state index contributed by atoms with van der Waals surface area (Å²) in [7, 11) is 0. The van der Waals surface area contributed by atoms with Gasteiger partial charge in [-0.15, -0.1) is 0 Å². The van der Waals surface area contributed by atoms with E-state index in [2.05, 4.69) is 29.6 Å². The van der Waals surface area contributed by atoms with Crippen molar-refractivity contribution in [2.24, 2.45) is 16.9 Å². The van der Waals surface area contributed by atoms with Crippen molar-refractivity contribution >= 4 is 11.6 Å². The number of carbonyl (C=O) groups excluding carboxylic acids is 1. The summed E-state index contributed by atoms with van der Waals surface area (Å²) < 4.78 is 0. The van der Waals surface area contributed by atoms with Gasteiger partial charge < -0.3 is 0 Å². The van der Waals surface area contributed by atoms with Crippen molar-refractivity contribution in [3.8, 4) is 0 Å². The Labute approximate surface area is 110 Å². The third kappa shape index (κ3) is 3.44. The van der Waals surface area contributed by atoms with Gasteiger partial charge >= 0.3 is 0 Å². The molecule has 0 bridgehead atoms. The molecule has 100 valence electrons. The smallest absolute Gasteiger partial charge is 0.240 e. The van der Waals surface area contributed by atoms with Gasteiger partial charge in [0, 0.05) is 18.1 Å². The number of amides is 1. The van der Waals surface area contributed by atoms with Crippen molar-refractivity contribution in [2.45, 2.75) is 58.3 Å². The Kier molecular flexibility index (Phi) is 4.97. The number of nitrogens with zero attached hydrogens (tertiary/aromatic N) is 1. The van der Waals surface area contributed by atoms with Gasteiger partial charge in [0.25, 0.3) is 0 Å². The molecule has 0 aliphatic heterocycles. The molecule has 0 spiro atoms. The lowest BCUT2D eigenvalue weighted by Crippen LogP contribution is -2.35. The summed E-state index contributed by atoms with van der Waals surface area (Å²) in [6.07, 6.45) is 13.2. The van der Waals surface area contributed by atoms with E-state index in [1.807, 2.05) is 0 Å². The number of nitrogens with one attached hydrogen (secondary N) is 1. The summed E-state index contributed by atoms with van der Waals surface area (Å²) in [5.74, 6) is 1.37. The van der Waals surface area contributed by atoms with Crippen LogP contribution in [0.4, 0.5) is 0 Å². The highest BCUT2D eigenvalue weighted by Gasteiger charge is 2.37. The van der Waals surface area contributed by atoms with Crippen molar-refractivity contribution in [3.63, 3.8) is 0 Å². The maximum atomic E-state index is 11.6. The largest absolute Gasteiger partial charge is 0.273 e. The molecule has 18 heavy (non-hydrogen) atoms. The van der Waals surface area contributed by atoms with Crippen LogP contribution in [0.25, 0.3) is 0 Å². The monoisotopic (exact) mass is 248 g/mol. The summed E-state index contributed by atoms with van der Waals surface area (Å²) in [5, 5.41) is 4.26. The molecule has 3 heteroatoms. The number of fused-ring (bicyclic) bond motifs is 1. The minimum atomic E-state index is 0.0772. The Morgan fingerprint density at radius 3 is 3.00 bits per heavy atom. The van der Waals surface area contributed by atoms with Gasteiger partial charge in [-0.05, 0) is 25.2 Å². The number of rotatable bonds is 7. The molecule has 1 amide bonds. The number of hydrazone groups is 1. The third-order valence-corrected chi connectivity index (χ3v) is 3.99. The molecular formula is C15H24N2O. The maximum absolute atomic E-state index is 11.6.